The minimum absolute atomic E-state index is 0.208. The Morgan fingerprint density at radius 3 is 2.82 bits per heavy atom. The highest BCUT2D eigenvalue weighted by Crippen LogP contribution is 2.45. The molecule has 0 atom stereocenters. The third-order valence-electron chi connectivity index (χ3n) is 4.06. The van der Waals surface area contributed by atoms with Crippen LogP contribution in [0.3, 0.4) is 0 Å². The van der Waals surface area contributed by atoms with Crippen LogP contribution in [0.5, 0.6) is 0 Å². The molecule has 4 heteroatoms. The number of anilines is 1. The van der Waals surface area contributed by atoms with E-state index in [1.165, 1.54) is 19.3 Å². The van der Waals surface area contributed by atoms with Crippen molar-refractivity contribution in [2.24, 2.45) is 0 Å². The number of imidazole rings is 1. The molecule has 17 heavy (non-hydrogen) atoms. The molecule has 1 aromatic heterocycles. The van der Waals surface area contributed by atoms with Crippen molar-refractivity contribution in [3.8, 4) is 0 Å². The molecule has 0 unspecified atom stereocenters. The second-order valence-corrected chi connectivity index (χ2v) is 5.79. The highest BCUT2D eigenvalue weighted by molar-refractivity contribution is 9.10. The Hall–Kier alpha value is -1.03. The number of hydrogen-bond donors (Lipinski definition) is 1. The number of aromatic nitrogens is 2. The normalized spacial score (nSPS) is 18.2. The van der Waals surface area contributed by atoms with Crippen LogP contribution in [0.25, 0.3) is 11.0 Å². The summed E-state index contributed by atoms with van der Waals surface area (Å²) < 4.78 is 3.33. The molecule has 3 nitrogen and oxygen atoms in total. The topological polar surface area (TPSA) is 43.8 Å². The Morgan fingerprint density at radius 1 is 1.47 bits per heavy atom. The molecule has 0 saturated heterocycles. The first-order valence-electron chi connectivity index (χ1n) is 6.10. The first-order valence-corrected chi connectivity index (χ1v) is 6.89. The van der Waals surface area contributed by atoms with Gasteiger partial charge in [-0.25, -0.2) is 4.98 Å². The standard InChI is InChI=1S/C13H16BrN3/c1-2-13(6-3-7-13)17-11-8-9(14)4-5-10(11)16-12(17)15/h4-5,8H,2-3,6-7H2,1H3,(H2,15,16). The summed E-state index contributed by atoms with van der Waals surface area (Å²) in [5, 5.41) is 0. The zero-order chi connectivity index (χ0) is 12.0. The Balaban J connectivity index is 2.27. The third kappa shape index (κ3) is 1.50. The quantitative estimate of drug-likeness (QED) is 0.918. The number of nitrogens with two attached hydrogens (primary N) is 1. The Labute approximate surface area is 109 Å². The molecule has 2 N–H and O–H groups in total. The van der Waals surface area contributed by atoms with Crippen LogP contribution in [0.4, 0.5) is 5.95 Å². The van der Waals surface area contributed by atoms with Crippen LogP contribution in [-0.4, -0.2) is 9.55 Å². The molecule has 1 aromatic carbocycles. The fourth-order valence-corrected chi connectivity index (χ4v) is 3.23. The summed E-state index contributed by atoms with van der Waals surface area (Å²) in [5.41, 5.74) is 8.46. The number of hydrogen-bond acceptors (Lipinski definition) is 2. The Kier molecular flexibility index (Phi) is 2.43. The summed E-state index contributed by atoms with van der Waals surface area (Å²) >= 11 is 3.52. The van der Waals surface area contributed by atoms with E-state index in [2.05, 4.69) is 38.5 Å². The molecule has 0 spiro atoms. The maximum Gasteiger partial charge on any atom is 0.201 e. The minimum Gasteiger partial charge on any atom is -0.369 e. The van der Waals surface area contributed by atoms with Gasteiger partial charge in [-0.3, -0.25) is 0 Å². The summed E-state index contributed by atoms with van der Waals surface area (Å²) in [6.45, 7) is 2.24. The van der Waals surface area contributed by atoms with Crippen molar-refractivity contribution in [3.05, 3.63) is 22.7 Å². The minimum atomic E-state index is 0.208. The Morgan fingerprint density at radius 2 is 2.24 bits per heavy atom. The predicted molar refractivity (Wildman–Crippen MR) is 74.0 cm³/mol. The Bertz CT molecular complexity index is 564. The number of nitrogens with zero attached hydrogens (tertiary/aromatic N) is 2. The zero-order valence-corrected chi connectivity index (χ0v) is 11.5. The molecule has 1 aliphatic rings. The van der Waals surface area contributed by atoms with Crippen molar-refractivity contribution < 1.29 is 0 Å². The average Bonchev–Trinajstić information content (AvgIpc) is 2.56. The van der Waals surface area contributed by atoms with E-state index in [4.69, 9.17) is 5.73 Å². The monoisotopic (exact) mass is 293 g/mol. The van der Waals surface area contributed by atoms with Gasteiger partial charge in [0.15, 0.2) is 0 Å². The number of halogens is 1. The maximum absolute atomic E-state index is 6.11. The zero-order valence-electron chi connectivity index (χ0n) is 9.91. The summed E-state index contributed by atoms with van der Waals surface area (Å²) in [6, 6.07) is 6.15. The first kappa shape index (κ1) is 11.1. The largest absolute Gasteiger partial charge is 0.369 e. The molecule has 1 saturated carbocycles. The fourth-order valence-electron chi connectivity index (χ4n) is 2.89. The van der Waals surface area contributed by atoms with Gasteiger partial charge in [-0.15, -0.1) is 0 Å². The number of rotatable bonds is 2. The fraction of sp³-hybridized carbons (Fsp3) is 0.462. The molecular formula is C13H16BrN3. The highest BCUT2D eigenvalue weighted by atomic mass is 79.9. The van der Waals surface area contributed by atoms with Crippen LogP contribution in [0.1, 0.15) is 32.6 Å². The molecular weight excluding hydrogens is 278 g/mol. The van der Waals surface area contributed by atoms with E-state index < -0.39 is 0 Å². The second-order valence-electron chi connectivity index (χ2n) is 4.87. The van der Waals surface area contributed by atoms with Gasteiger partial charge in [-0.1, -0.05) is 22.9 Å². The van der Waals surface area contributed by atoms with E-state index in [1.54, 1.807) is 0 Å². The van der Waals surface area contributed by atoms with Crippen LogP contribution >= 0.6 is 15.9 Å². The smallest absolute Gasteiger partial charge is 0.201 e. The van der Waals surface area contributed by atoms with Gasteiger partial charge in [-0.05, 0) is 43.9 Å². The van der Waals surface area contributed by atoms with Gasteiger partial charge < -0.3 is 10.3 Å². The van der Waals surface area contributed by atoms with Crippen LogP contribution in [-0.2, 0) is 5.54 Å². The van der Waals surface area contributed by atoms with Gasteiger partial charge in [0.1, 0.15) is 0 Å². The second kappa shape index (κ2) is 3.73. The van der Waals surface area contributed by atoms with Crippen molar-refractivity contribution >= 4 is 32.9 Å². The molecule has 90 valence electrons. The van der Waals surface area contributed by atoms with E-state index >= 15 is 0 Å². The van der Waals surface area contributed by atoms with Gasteiger partial charge >= 0.3 is 0 Å². The van der Waals surface area contributed by atoms with Crippen molar-refractivity contribution in [3.63, 3.8) is 0 Å². The van der Waals surface area contributed by atoms with Crippen molar-refractivity contribution in [2.45, 2.75) is 38.1 Å². The lowest BCUT2D eigenvalue weighted by Crippen LogP contribution is -2.40. The number of nitrogen functional groups attached to an aromatic ring is 1. The number of fused-ring (bicyclic) bond motifs is 1. The van der Waals surface area contributed by atoms with Gasteiger partial charge in [0, 0.05) is 10.0 Å². The first-order chi connectivity index (χ1) is 8.16. The number of benzene rings is 1. The van der Waals surface area contributed by atoms with Crippen molar-refractivity contribution in [2.75, 3.05) is 5.73 Å². The van der Waals surface area contributed by atoms with Crippen LogP contribution in [0.2, 0.25) is 0 Å². The van der Waals surface area contributed by atoms with Crippen LogP contribution in [0, 0.1) is 0 Å². The van der Waals surface area contributed by atoms with E-state index in [0.29, 0.717) is 5.95 Å². The SMILES string of the molecule is CCC1(n2c(N)nc3ccc(Br)cc32)CCC1. The molecule has 3 rings (SSSR count). The van der Waals surface area contributed by atoms with Gasteiger partial charge in [0.2, 0.25) is 5.95 Å². The van der Waals surface area contributed by atoms with Crippen LogP contribution < -0.4 is 5.73 Å². The molecule has 1 aliphatic carbocycles. The molecule has 1 heterocycles. The lowest BCUT2D eigenvalue weighted by Gasteiger charge is -2.43. The molecule has 1 fully saturated rings. The third-order valence-corrected chi connectivity index (χ3v) is 4.55. The predicted octanol–water partition coefficient (Wildman–Crippen LogP) is 3.67. The summed E-state index contributed by atoms with van der Waals surface area (Å²) in [5.74, 6) is 0.652. The van der Waals surface area contributed by atoms with E-state index in [-0.39, 0.29) is 5.54 Å². The van der Waals surface area contributed by atoms with E-state index in [0.717, 1.165) is 21.9 Å². The van der Waals surface area contributed by atoms with Gasteiger partial charge in [-0.2, -0.15) is 0 Å². The lowest BCUT2D eigenvalue weighted by atomic mass is 9.74. The summed E-state index contributed by atoms with van der Waals surface area (Å²) in [6.07, 6.45) is 4.84. The summed E-state index contributed by atoms with van der Waals surface area (Å²) in [4.78, 5) is 4.47. The van der Waals surface area contributed by atoms with Crippen LogP contribution in [0.15, 0.2) is 22.7 Å². The molecule has 0 amide bonds. The maximum atomic E-state index is 6.11. The highest BCUT2D eigenvalue weighted by Gasteiger charge is 2.39. The van der Waals surface area contributed by atoms with Gasteiger partial charge in [0.25, 0.3) is 0 Å². The molecule has 2 aromatic rings. The van der Waals surface area contributed by atoms with E-state index in [1.807, 2.05) is 12.1 Å². The van der Waals surface area contributed by atoms with Gasteiger partial charge in [0.05, 0.1) is 11.0 Å². The van der Waals surface area contributed by atoms with E-state index in [9.17, 15) is 0 Å². The average molecular weight is 294 g/mol. The summed E-state index contributed by atoms with van der Waals surface area (Å²) in [7, 11) is 0. The molecule has 0 radical (unpaired) electrons. The van der Waals surface area contributed by atoms with Crippen molar-refractivity contribution in [1.29, 1.82) is 0 Å². The lowest BCUT2D eigenvalue weighted by molar-refractivity contribution is 0.144. The molecule has 0 aliphatic heterocycles. The van der Waals surface area contributed by atoms with Crippen molar-refractivity contribution in [1.82, 2.24) is 9.55 Å². The molecule has 0 bridgehead atoms.